The van der Waals surface area contributed by atoms with Crippen LogP contribution in [0.1, 0.15) is 118 Å². The Morgan fingerprint density at radius 2 is 0.843 bits per heavy atom. The molecule has 0 fully saturated rings. The van der Waals surface area contributed by atoms with Gasteiger partial charge in [-0.25, -0.2) is 17.7 Å². The van der Waals surface area contributed by atoms with Crippen LogP contribution in [0.15, 0.2) is 0 Å². The Balaban J connectivity index is 5.83. The minimum atomic E-state index is -3.70. The SMILES string of the molecule is CCCCP(=O)(O)OCC(CO)CCCCNC(=O)CC(C)(C)CC(C)(C)CNC(=O)C(CCCCNC(=O)COCCOCCOCCON)NC(=O)C(CCCCNC(=O)COCCOCCOCCON)NC(=O)COCCOCCOCCON. The maximum Gasteiger partial charge on any atom is 0.328 e. The highest BCUT2D eigenvalue weighted by Gasteiger charge is 2.33. The number of unbranched alkanes of at least 4 members (excludes halogenated alkanes) is 4. The van der Waals surface area contributed by atoms with Crippen LogP contribution in [0.2, 0.25) is 0 Å². The molecule has 32 heteroatoms. The van der Waals surface area contributed by atoms with Gasteiger partial charge >= 0.3 is 7.60 Å². The maximum atomic E-state index is 14.3. The van der Waals surface area contributed by atoms with Gasteiger partial charge in [0.05, 0.1) is 126 Å². The van der Waals surface area contributed by atoms with E-state index in [4.69, 9.17) is 64.8 Å². The van der Waals surface area contributed by atoms with E-state index < -0.39 is 48.2 Å². The molecule has 31 nitrogen and oxygen atoms in total. The van der Waals surface area contributed by atoms with E-state index in [-0.39, 0.29) is 168 Å². The average molecular weight is 1310 g/mol. The van der Waals surface area contributed by atoms with Crippen molar-refractivity contribution in [1.29, 1.82) is 0 Å². The second kappa shape index (κ2) is 57.0. The van der Waals surface area contributed by atoms with Gasteiger partial charge in [-0.3, -0.25) is 33.3 Å². The Labute approximate surface area is 527 Å². The molecular formula is C57H114N9O22P. The highest BCUT2D eigenvalue weighted by molar-refractivity contribution is 7.52. The summed E-state index contributed by atoms with van der Waals surface area (Å²) in [5.74, 6) is 12.1. The summed E-state index contributed by atoms with van der Waals surface area (Å²) in [6.07, 6.45) is 6.00. The molecule has 0 aromatic rings. The molecule has 0 aliphatic heterocycles. The van der Waals surface area contributed by atoms with E-state index in [2.05, 4.69) is 46.4 Å². The first-order valence-electron chi connectivity index (χ1n) is 31.1. The zero-order valence-corrected chi connectivity index (χ0v) is 54.9. The molecule has 524 valence electrons. The van der Waals surface area contributed by atoms with Gasteiger partial charge in [-0.05, 0) is 75.0 Å². The molecule has 0 saturated carbocycles. The Morgan fingerprint density at radius 1 is 0.461 bits per heavy atom. The van der Waals surface area contributed by atoms with Gasteiger partial charge in [0.1, 0.15) is 31.9 Å². The molecular weight excluding hydrogens is 1190 g/mol. The van der Waals surface area contributed by atoms with E-state index >= 15 is 0 Å². The number of hydrogen-bond acceptors (Lipinski definition) is 24. The number of ether oxygens (including phenoxy) is 9. The van der Waals surface area contributed by atoms with Gasteiger partial charge in [0.2, 0.25) is 35.4 Å². The van der Waals surface area contributed by atoms with Crippen LogP contribution < -0.4 is 49.6 Å². The van der Waals surface area contributed by atoms with Gasteiger partial charge in [0, 0.05) is 51.3 Å². The van der Waals surface area contributed by atoms with Crippen LogP contribution in [0, 0.1) is 16.7 Å². The molecule has 6 amide bonds. The minimum absolute atomic E-state index is 0.0173. The topological polar surface area (TPSA) is 430 Å². The number of nitrogens with two attached hydrogens (primary N) is 3. The first-order valence-corrected chi connectivity index (χ1v) is 32.9. The van der Waals surface area contributed by atoms with Crippen LogP contribution in [0.25, 0.3) is 0 Å². The van der Waals surface area contributed by atoms with Crippen molar-refractivity contribution in [2.24, 2.45) is 34.4 Å². The molecule has 4 atom stereocenters. The lowest BCUT2D eigenvalue weighted by atomic mass is 9.73. The van der Waals surface area contributed by atoms with Crippen LogP contribution in [0.3, 0.4) is 0 Å². The molecule has 0 aliphatic carbocycles. The summed E-state index contributed by atoms with van der Waals surface area (Å²) in [6.45, 7) is 14.8. The third-order valence-electron chi connectivity index (χ3n) is 13.0. The van der Waals surface area contributed by atoms with Gasteiger partial charge in [-0.15, -0.1) is 0 Å². The number of aliphatic hydroxyl groups is 1. The third-order valence-corrected chi connectivity index (χ3v) is 14.4. The quantitative estimate of drug-likeness (QED) is 0.0220. The number of hydrogen-bond donors (Lipinski definition) is 11. The first-order chi connectivity index (χ1) is 42.7. The van der Waals surface area contributed by atoms with E-state index in [1.54, 1.807) is 0 Å². The third kappa shape index (κ3) is 54.6. The van der Waals surface area contributed by atoms with Crippen molar-refractivity contribution in [3.63, 3.8) is 0 Å². The van der Waals surface area contributed by atoms with Crippen molar-refractivity contribution in [1.82, 2.24) is 31.9 Å². The van der Waals surface area contributed by atoms with E-state index in [0.29, 0.717) is 117 Å². The smallest absolute Gasteiger partial charge is 0.328 e. The monoisotopic (exact) mass is 1310 g/mol. The first kappa shape index (κ1) is 85.3. The number of rotatable bonds is 65. The minimum Gasteiger partial charge on any atom is -0.396 e. The number of nitrogens with one attached hydrogen (secondary N) is 6. The molecule has 0 radical (unpaired) electrons. The second-order valence-corrected chi connectivity index (χ2v) is 24.6. The van der Waals surface area contributed by atoms with E-state index in [0.717, 1.165) is 6.42 Å². The Morgan fingerprint density at radius 3 is 1.26 bits per heavy atom. The Kier molecular flexibility index (Phi) is 54.7. The maximum absolute atomic E-state index is 14.3. The molecule has 0 rings (SSSR count). The number of carbonyl (C=O) groups is 6. The normalized spacial score (nSPS) is 13.5. The van der Waals surface area contributed by atoms with Gasteiger partial charge in [0.15, 0.2) is 0 Å². The van der Waals surface area contributed by atoms with Crippen molar-refractivity contribution in [2.45, 2.75) is 130 Å². The molecule has 0 aromatic heterocycles. The lowest BCUT2D eigenvalue weighted by molar-refractivity contribution is -0.134. The largest absolute Gasteiger partial charge is 0.396 e. The molecule has 0 heterocycles. The highest BCUT2D eigenvalue weighted by Crippen LogP contribution is 2.43. The molecule has 0 saturated heterocycles. The summed E-state index contributed by atoms with van der Waals surface area (Å²) in [4.78, 5) is 103. The molecule has 0 aliphatic rings. The molecule has 0 bridgehead atoms. The van der Waals surface area contributed by atoms with Crippen LogP contribution >= 0.6 is 7.60 Å². The Hall–Kier alpha value is -3.67. The van der Waals surface area contributed by atoms with Crippen LogP contribution in [-0.4, -0.2) is 242 Å². The van der Waals surface area contributed by atoms with Gasteiger partial charge in [-0.2, -0.15) is 0 Å². The lowest BCUT2D eigenvalue weighted by Crippen LogP contribution is -2.55. The zero-order valence-electron chi connectivity index (χ0n) is 54.0. The fourth-order valence-corrected chi connectivity index (χ4v) is 10.00. The molecule has 14 N–H and O–H groups in total. The van der Waals surface area contributed by atoms with Crippen molar-refractivity contribution in [3.05, 3.63) is 0 Å². The fraction of sp³-hybridized carbons (Fsp3) is 0.895. The number of aliphatic hydroxyl groups excluding tert-OH is 1. The number of amides is 6. The van der Waals surface area contributed by atoms with Crippen molar-refractivity contribution in [2.75, 3.05) is 184 Å². The lowest BCUT2D eigenvalue weighted by Gasteiger charge is -2.35. The fourth-order valence-electron chi connectivity index (χ4n) is 8.71. The summed E-state index contributed by atoms with van der Waals surface area (Å²) in [5.41, 5.74) is -1.03. The van der Waals surface area contributed by atoms with Crippen molar-refractivity contribution in [3.8, 4) is 0 Å². The molecule has 0 aromatic carbocycles. The Bertz CT molecular complexity index is 1850. The van der Waals surface area contributed by atoms with E-state index in [9.17, 15) is 43.3 Å². The van der Waals surface area contributed by atoms with Crippen molar-refractivity contribution >= 4 is 43.0 Å². The summed E-state index contributed by atoms with van der Waals surface area (Å²) < 4.78 is 66.0. The zero-order chi connectivity index (χ0) is 66.1. The van der Waals surface area contributed by atoms with Crippen LogP contribution in [0.4, 0.5) is 0 Å². The summed E-state index contributed by atoms with van der Waals surface area (Å²) in [6, 6.07) is -2.17. The average Bonchev–Trinajstić information content (AvgIpc) is 3.05. The summed E-state index contributed by atoms with van der Waals surface area (Å²) in [7, 11) is -3.70. The summed E-state index contributed by atoms with van der Waals surface area (Å²) in [5, 5.41) is 27.0. The summed E-state index contributed by atoms with van der Waals surface area (Å²) >= 11 is 0. The molecule has 0 spiro atoms. The van der Waals surface area contributed by atoms with E-state index in [1.807, 2.05) is 34.6 Å². The van der Waals surface area contributed by atoms with Crippen molar-refractivity contribution < 1.29 is 105 Å². The van der Waals surface area contributed by atoms with Gasteiger partial charge in [0.25, 0.3) is 0 Å². The van der Waals surface area contributed by atoms with E-state index in [1.165, 1.54) is 0 Å². The highest BCUT2D eigenvalue weighted by atomic mass is 31.2. The molecule has 89 heavy (non-hydrogen) atoms. The van der Waals surface area contributed by atoms with Gasteiger partial charge in [-0.1, -0.05) is 47.5 Å². The predicted molar refractivity (Wildman–Crippen MR) is 328 cm³/mol. The van der Waals surface area contributed by atoms with Gasteiger partial charge < -0.3 is 104 Å². The standard InChI is InChI=1S/C57H114N9O22P/c1-6-7-38-89(74,75)88-41-47(40-67)14-8-11-17-61-50(68)39-56(2,3)45-57(4,5)46-64-54(72)48(15-9-12-18-62-51(69)42-82-29-26-76-20-23-79-32-35-85-58)66-55(73)49(65-53(71)44-84-31-28-78-22-25-81-34-37-87-60)16-10-13-19-63-52(70)43-83-30-27-77-21-24-80-33-36-86-59/h47-49,67H,6-46,58-60H2,1-5H3,(H,61,68)(H,62,69)(H,63,70)(H,64,72)(H,65,71)(H,66,73)(H,74,75). The van der Waals surface area contributed by atoms with Crippen LogP contribution in [0.5, 0.6) is 0 Å². The number of carbonyl (C=O) groups excluding carboxylic acids is 6. The predicted octanol–water partition coefficient (Wildman–Crippen LogP) is 0.195. The molecule has 4 unspecified atom stereocenters. The second-order valence-electron chi connectivity index (χ2n) is 22.6. The van der Waals surface area contributed by atoms with Crippen LogP contribution in [-0.2, 0) is 95.0 Å².